The van der Waals surface area contributed by atoms with E-state index in [1.54, 1.807) is 5.57 Å². The van der Waals surface area contributed by atoms with Crippen molar-refractivity contribution in [2.24, 2.45) is 0 Å². The molecular formula is C25H31ClN2O. The fraction of sp³-hybridized carbons (Fsp3) is 0.400. The van der Waals surface area contributed by atoms with Crippen LogP contribution in [0.3, 0.4) is 0 Å². The highest BCUT2D eigenvalue weighted by Gasteiger charge is 2.32. The average Bonchev–Trinajstić information content (AvgIpc) is 3.08. The summed E-state index contributed by atoms with van der Waals surface area (Å²) in [6.07, 6.45) is 4.82. The Morgan fingerprint density at radius 2 is 1.38 bits per heavy atom. The third kappa shape index (κ3) is 4.57. The quantitative estimate of drug-likeness (QED) is 0.724. The van der Waals surface area contributed by atoms with Crippen molar-refractivity contribution in [2.75, 3.05) is 13.1 Å². The molecule has 2 unspecified atom stereocenters. The number of rotatable bonds is 5. The number of benzene rings is 2. The molecule has 0 saturated carbocycles. The standard InChI is InChI=1S/C25H30N2O.ClH/c1-3-27(4-2)25(28)20-12-10-19(11-13-20)24(18-8-6-5-7-9-18)21-16-22-14-15-23(17-21)26-22;/h5-13,22-23,26H,3-4,14-17H2,1-2H3;1H. The number of hydrogen-bond acceptors (Lipinski definition) is 2. The predicted molar refractivity (Wildman–Crippen MR) is 123 cm³/mol. The number of amides is 1. The molecule has 2 aliphatic heterocycles. The van der Waals surface area contributed by atoms with Crippen molar-refractivity contribution < 1.29 is 4.79 Å². The number of nitrogens with one attached hydrogen (secondary N) is 1. The summed E-state index contributed by atoms with van der Waals surface area (Å²) in [5.74, 6) is 0.116. The lowest BCUT2D eigenvalue weighted by atomic mass is 9.86. The Morgan fingerprint density at radius 3 is 1.93 bits per heavy atom. The Balaban J connectivity index is 0.00000240. The molecule has 2 heterocycles. The Labute approximate surface area is 180 Å². The van der Waals surface area contributed by atoms with Crippen LogP contribution in [-0.4, -0.2) is 36.0 Å². The van der Waals surface area contributed by atoms with Gasteiger partial charge in [0.1, 0.15) is 0 Å². The second-order valence-corrected chi connectivity index (χ2v) is 7.95. The van der Waals surface area contributed by atoms with E-state index >= 15 is 0 Å². The summed E-state index contributed by atoms with van der Waals surface area (Å²) in [6, 6.07) is 20.2. The number of carbonyl (C=O) groups excluding carboxylic acids is 1. The van der Waals surface area contributed by atoms with Gasteiger partial charge in [-0.1, -0.05) is 48.0 Å². The number of nitrogens with zero attached hydrogens (tertiary/aromatic N) is 1. The van der Waals surface area contributed by atoms with Crippen molar-refractivity contribution in [1.29, 1.82) is 0 Å². The first-order valence-corrected chi connectivity index (χ1v) is 10.6. The van der Waals surface area contributed by atoms with Crippen molar-refractivity contribution in [3.63, 3.8) is 0 Å². The van der Waals surface area contributed by atoms with E-state index in [2.05, 4.69) is 47.8 Å². The van der Waals surface area contributed by atoms with Crippen molar-refractivity contribution in [1.82, 2.24) is 10.2 Å². The van der Waals surface area contributed by atoms with E-state index in [9.17, 15) is 4.79 Å². The van der Waals surface area contributed by atoms with Gasteiger partial charge in [-0.2, -0.15) is 0 Å². The van der Waals surface area contributed by atoms with E-state index in [0.29, 0.717) is 12.1 Å². The van der Waals surface area contributed by atoms with Crippen LogP contribution in [0.5, 0.6) is 0 Å². The summed E-state index contributed by atoms with van der Waals surface area (Å²) in [5, 5.41) is 3.74. The molecule has 2 atom stereocenters. The molecule has 154 valence electrons. The van der Waals surface area contributed by atoms with Gasteiger partial charge in [-0.05, 0) is 68.4 Å². The molecule has 2 saturated heterocycles. The lowest BCUT2D eigenvalue weighted by Gasteiger charge is -2.27. The molecule has 4 heteroatoms. The first kappa shape index (κ1) is 21.6. The van der Waals surface area contributed by atoms with Gasteiger partial charge in [-0.25, -0.2) is 0 Å². The summed E-state index contributed by atoms with van der Waals surface area (Å²) in [7, 11) is 0. The van der Waals surface area contributed by atoms with Crippen molar-refractivity contribution in [2.45, 2.75) is 51.6 Å². The number of fused-ring (bicyclic) bond motifs is 2. The van der Waals surface area contributed by atoms with Crippen LogP contribution >= 0.6 is 12.4 Å². The fourth-order valence-electron chi connectivity index (χ4n) is 4.76. The molecule has 2 fully saturated rings. The molecule has 2 aliphatic rings. The van der Waals surface area contributed by atoms with E-state index in [1.807, 2.05) is 30.9 Å². The number of halogens is 1. The van der Waals surface area contributed by atoms with Gasteiger partial charge in [-0.3, -0.25) is 4.79 Å². The predicted octanol–water partition coefficient (Wildman–Crippen LogP) is 5.31. The summed E-state index contributed by atoms with van der Waals surface area (Å²) in [5.41, 5.74) is 6.19. The van der Waals surface area contributed by atoms with Gasteiger partial charge in [0.2, 0.25) is 0 Å². The summed E-state index contributed by atoms with van der Waals surface area (Å²) >= 11 is 0. The third-order valence-corrected chi connectivity index (χ3v) is 6.21. The van der Waals surface area contributed by atoms with Gasteiger partial charge in [-0.15, -0.1) is 12.4 Å². The Bertz CT molecular complexity index is 842. The largest absolute Gasteiger partial charge is 0.339 e. The van der Waals surface area contributed by atoms with Gasteiger partial charge in [0.25, 0.3) is 5.91 Å². The first-order chi connectivity index (χ1) is 13.7. The maximum atomic E-state index is 12.7. The Morgan fingerprint density at radius 1 is 0.862 bits per heavy atom. The van der Waals surface area contributed by atoms with Gasteiger partial charge in [0.15, 0.2) is 0 Å². The van der Waals surface area contributed by atoms with Gasteiger partial charge in [0, 0.05) is 30.7 Å². The van der Waals surface area contributed by atoms with E-state index < -0.39 is 0 Å². The lowest BCUT2D eigenvalue weighted by Crippen LogP contribution is -2.35. The molecule has 3 nitrogen and oxygen atoms in total. The highest BCUT2D eigenvalue weighted by atomic mass is 35.5. The van der Waals surface area contributed by atoms with Crippen LogP contribution in [0.2, 0.25) is 0 Å². The van der Waals surface area contributed by atoms with Gasteiger partial charge >= 0.3 is 0 Å². The fourth-order valence-corrected chi connectivity index (χ4v) is 4.76. The van der Waals surface area contributed by atoms with Crippen LogP contribution in [0, 0.1) is 0 Å². The van der Waals surface area contributed by atoms with E-state index in [-0.39, 0.29) is 18.3 Å². The molecule has 2 aromatic carbocycles. The van der Waals surface area contributed by atoms with Crippen LogP contribution < -0.4 is 5.32 Å². The maximum absolute atomic E-state index is 12.7. The SMILES string of the molecule is CCN(CC)C(=O)c1ccc(C(=C2CC3CCC(C2)N3)c2ccccc2)cc1.Cl. The second-order valence-electron chi connectivity index (χ2n) is 7.95. The minimum absolute atomic E-state index is 0. The summed E-state index contributed by atoms with van der Waals surface area (Å²) in [6.45, 7) is 5.54. The second kappa shape index (κ2) is 9.60. The Hall–Kier alpha value is -2.10. The smallest absolute Gasteiger partial charge is 0.253 e. The molecule has 29 heavy (non-hydrogen) atoms. The third-order valence-electron chi connectivity index (χ3n) is 6.21. The van der Waals surface area contributed by atoms with Crippen LogP contribution in [0.25, 0.3) is 5.57 Å². The molecule has 1 N–H and O–H groups in total. The zero-order valence-electron chi connectivity index (χ0n) is 17.4. The topological polar surface area (TPSA) is 32.3 Å². The molecule has 2 aromatic rings. The van der Waals surface area contributed by atoms with Crippen molar-refractivity contribution >= 4 is 23.9 Å². The average molecular weight is 411 g/mol. The first-order valence-electron chi connectivity index (χ1n) is 10.6. The Kier molecular flexibility index (Phi) is 7.15. The van der Waals surface area contributed by atoms with Crippen LogP contribution in [0.1, 0.15) is 61.0 Å². The maximum Gasteiger partial charge on any atom is 0.253 e. The number of hydrogen-bond donors (Lipinski definition) is 1. The number of piperidine rings is 1. The minimum Gasteiger partial charge on any atom is -0.339 e. The highest BCUT2D eigenvalue weighted by Crippen LogP contribution is 2.38. The molecule has 4 rings (SSSR count). The molecule has 1 amide bonds. The number of carbonyl (C=O) groups is 1. The molecular weight excluding hydrogens is 380 g/mol. The van der Waals surface area contributed by atoms with Crippen molar-refractivity contribution in [3.05, 3.63) is 76.9 Å². The van der Waals surface area contributed by atoms with Crippen molar-refractivity contribution in [3.8, 4) is 0 Å². The molecule has 0 radical (unpaired) electrons. The zero-order valence-corrected chi connectivity index (χ0v) is 18.2. The monoisotopic (exact) mass is 410 g/mol. The molecule has 0 aromatic heterocycles. The van der Waals surface area contributed by atoms with E-state index in [1.165, 1.54) is 29.5 Å². The van der Waals surface area contributed by atoms with Crippen LogP contribution in [-0.2, 0) is 0 Å². The van der Waals surface area contributed by atoms with Gasteiger partial charge < -0.3 is 10.2 Å². The van der Waals surface area contributed by atoms with E-state index in [4.69, 9.17) is 0 Å². The van der Waals surface area contributed by atoms with Crippen LogP contribution in [0.15, 0.2) is 60.2 Å². The molecule has 0 aliphatic carbocycles. The zero-order chi connectivity index (χ0) is 19.5. The van der Waals surface area contributed by atoms with Crippen LogP contribution in [0.4, 0.5) is 0 Å². The van der Waals surface area contributed by atoms with Gasteiger partial charge in [0.05, 0.1) is 0 Å². The lowest BCUT2D eigenvalue weighted by molar-refractivity contribution is 0.0773. The highest BCUT2D eigenvalue weighted by molar-refractivity contribution is 5.95. The summed E-state index contributed by atoms with van der Waals surface area (Å²) in [4.78, 5) is 14.5. The minimum atomic E-state index is 0. The summed E-state index contributed by atoms with van der Waals surface area (Å²) < 4.78 is 0. The normalized spacial score (nSPS) is 20.1. The molecule has 2 bridgehead atoms. The molecule has 0 spiro atoms. The van der Waals surface area contributed by atoms with E-state index in [0.717, 1.165) is 31.5 Å².